The molecular formula is C18H21NO5. The van der Waals surface area contributed by atoms with E-state index in [4.69, 9.17) is 14.3 Å². The van der Waals surface area contributed by atoms with Gasteiger partial charge in [-0.15, -0.1) is 0 Å². The summed E-state index contributed by atoms with van der Waals surface area (Å²) in [5.41, 5.74) is 2.30. The van der Waals surface area contributed by atoms with Crippen LogP contribution in [0.25, 0.3) is 0 Å². The minimum Gasteiger partial charge on any atom is -0.493 e. The maximum atomic E-state index is 11.8. The van der Waals surface area contributed by atoms with E-state index < -0.39 is 5.97 Å². The third-order valence-corrected chi connectivity index (χ3v) is 3.58. The van der Waals surface area contributed by atoms with Crippen LogP contribution >= 0.6 is 0 Å². The van der Waals surface area contributed by atoms with E-state index in [0.29, 0.717) is 11.5 Å². The Morgan fingerprint density at radius 3 is 2.58 bits per heavy atom. The molecule has 0 aliphatic heterocycles. The van der Waals surface area contributed by atoms with Crippen LogP contribution in [-0.4, -0.2) is 23.6 Å². The number of carboxylic acid groups (broad SMARTS) is 1. The molecule has 0 bridgehead atoms. The lowest BCUT2D eigenvalue weighted by Crippen LogP contribution is -2.24. The Bertz CT molecular complexity index is 748. The number of aryl methyl sites for hydroxylation is 3. The lowest BCUT2D eigenvalue weighted by molar-refractivity contribution is -0.121. The summed E-state index contributed by atoms with van der Waals surface area (Å²) in [7, 11) is 0. The summed E-state index contributed by atoms with van der Waals surface area (Å²) in [6.45, 7) is 5.97. The predicted molar refractivity (Wildman–Crippen MR) is 88.3 cm³/mol. The Morgan fingerprint density at radius 2 is 1.96 bits per heavy atom. The summed E-state index contributed by atoms with van der Waals surface area (Å²) >= 11 is 0. The highest BCUT2D eigenvalue weighted by molar-refractivity contribution is 5.88. The lowest BCUT2D eigenvalue weighted by atomic mass is 10.1. The Hall–Kier alpha value is -2.76. The fourth-order valence-corrected chi connectivity index (χ4v) is 2.33. The smallest absolute Gasteiger partial charge is 0.339 e. The fourth-order valence-electron chi connectivity index (χ4n) is 2.33. The van der Waals surface area contributed by atoms with Gasteiger partial charge in [-0.05, 0) is 38.5 Å². The normalized spacial score (nSPS) is 10.5. The van der Waals surface area contributed by atoms with Gasteiger partial charge in [0.15, 0.2) is 0 Å². The molecule has 2 rings (SSSR count). The molecular weight excluding hydrogens is 310 g/mol. The van der Waals surface area contributed by atoms with E-state index in [-0.39, 0.29) is 31.0 Å². The molecule has 1 aromatic heterocycles. The lowest BCUT2D eigenvalue weighted by Gasteiger charge is -2.09. The molecule has 1 heterocycles. The molecule has 0 unspecified atom stereocenters. The van der Waals surface area contributed by atoms with E-state index in [1.807, 2.05) is 32.0 Å². The van der Waals surface area contributed by atoms with Crippen molar-refractivity contribution in [1.29, 1.82) is 0 Å². The van der Waals surface area contributed by atoms with Gasteiger partial charge in [0, 0.05) is 0 Å². The summed E-state index contributed by atoms with van der Waals surface area (Å²) in [5.74, 6) is 0.265. The van der Waals surface area contributed by atoms with E-state index in [9.17, 15) is 9.59 Å². The highest BCUT2D eigenvalue weighted by Gasteiger charge is 2.14. The van der Waals surface area contributed by atoms with Crippen molar-refractivity contribution >= 4 is 11.9 Å². The maximum absolute atomic E-state index is 11.8. The number of rotatable bonds is 7. The van der Waals surface area contributed by atoms with Crippen molar-refractivity contribution in [1.82, 2.24) is 5.32 Å². The van der Waals surface area contributed by atoms with Crippen LogP contribution in [0, 0.1) is 20.8 Å². The van der Waals surface area contributed by atoms with Crippen molar-refractivity contribution in [2.45, 2.75) is 33.7 Å². The molecule has 0 aliphatic rings. The molecule has 24 heavy (non-hydrogen) atoms. The van der Waals surface area contributed by atoms with Crippen LogP contribution in [0.2, 0.25) is 0 Å². The van der Waals surface area contributed by atoms with Gasteiger partial charge in [-0.1, -0.05) is 17.7 Å². The van der Waals surface area contributed by atoms with Gasteiger partial charge < -0.3 is 19.6 Å². The molecule has 0 fully saturated rings. The number of hydrogen-bond acceptors (Lipinski definition) is 4. The zero-order valence-electron chi connectivity index (χ0n) is 14.0. The number of carboxylic acids is 1. The molecule has 6 heteroatoms. The highest BCUT2D eigenvalue weighted by Crippen LogP contribution is 2.18. The van der Waals surface area contributed by atoms with Gasteiger partial charge in [-0.3, -0.25) is 4.79 Å². The van der Waals surface area contributed by atoms with Crippen molar-refractivity contribution < 1.29 is 23.8 Å². The van der Waals surface area contributed by atoms with Crippen molar-refractivity contribution in [3.8, 4) is 5.75 Å². The number of aromatic carboxylic acids is 1. The van der Waals surface area contributed by atoms with E-state index in [1.165, 1.54) is 6.07 Å². The molecule has 2 N–H and O–H groups in total. The zero-order valence-corrected chi connectivity index (χ0v) is 14.0. The molecule has 0 radical (unpaired) electrons. The van der Waals surface area contributed by atoms with Gasteiger partial charge in [0.05, 0.1) is 19.6 Å². The van der Waals surface area contributed by atoms with Crippen LogP contribution in [0.4, 0.5) is 0 Å². The molecule has 0 aliphatic carbocycles. The topological polar surface area (TPSA) is 88.8 Å². The van der Waals surface area contributed by atoms with Crippen molar-refractivity contribution in [3.63, 3.8) is 0 Å². The summed E-state index contributed by atoms with van der Waals surface area (Å²) in [4.78, 5) is 22.8. The van der Waals surface area contributed by atoms with Crippen molar-refractivity contribution in [2.24, 2.45) is 0 Å². The largest absolute Gasteiger partial charge is 0.493 e. The molecule has 1 amide bonds. The molecule has 128 valence electrons. The van der Waals surface area contributed by atoms with Crippen LogP contribution in [0.1, 0.15) is 39.4 Å². The van der Waals surface area contributed by atoms with Crippen molar-refractivity contribution in [3.05, 3.63) is 52.5 Å². The van der Waals surface area contributed by atoms with Gasteiger partial charge in [0.2, 0.25) is 5.91 Å². The quantitative estimate of drug-likeness (QED) is 0.814. The Labute approximate surface area is 140 Å². The fraction of sp³-hybridized carbons (Fsp3) is 0.333. The van der Waals surface area contributed by atoms with E-state index in [1.54, 1.807) is 6.92 Å². The van der Waals surface area contributed by atoms with Gasteiger partial charge in [-0.2, -0.15) is 0 Å². The first kappa shape index (κ1) is 17.6. The second kappa shape index (κ2) is 7.68. The highest BCUT2D eigenvalue weighted by atomic mass is 16.5. The molecule has 0 saturated carbocycles. The van der Waals surface area contributed by atoms with Gasteiger partial charge in [0.1, 0.15) is 22.8 Å². The number of carbonyl (C=O) groups excluding carboxylic acids is 1. The van der Waals surface area contributed by atoms with Gasteiger partial charge in [-0.25, -0.2) is 4.79 Å². The average Bonchev–Trinajstić information content (AvgIpc) is 2.89. The van der Waals surface area contributed by atoms with Crippen LogP contribution in [0.3, 0.4) is 0 Å². The number of carbonyl (C=O) groups is 2. The third kappa shape index (κ3) is 4.62. The third-order valence-electron chi connectivity index (χ3n) is 3.58. The monoisotopic (exact) mass is 331 g/mol. The Kier molecular flexibility index (Phi) is 5.63. The van der Waals surface area contributed by atoms with Crippen LogP contribution in [0.5, 0.6) is 5.75 Å². The molecule has 6 nitrogen and oxygen atoms in total. The summed E-state index contributed by atoms with van der Waals surface area (Å²) in [6, 6.07) is 7.29. The first-order valence-electron chi connectivity index (χ1n) is 7.66. The molecule has 0 spiro atoms. The van der Waals surface area contributed by atoms with E-state index in [0.717, 1.165) is 16.9 Å². The number of furan rings is 1. The van der Waals surface area contributed by atoms with Crippen LogP contribution in [-0.2, 0) is 11.3 Å². The molecule has 2 aromatic rings. The Morgan fingerprint density at radius 1 is 1.21 bits per heavy atom. The Balaban J connectivity index is 1.77. The molecule has 0 saturated heterocycles. The SMILES string of the molecule is Cc1ccc(OCCC(=O)NCc2cc(C(=O)O)c(C)o2)c(C)c1. The minimum absolute atomic E-state index is 0.109. The number of hydrogen-bond donors (Lipinski definition) is 2. The molecule has 1 aromatic carbocycles. The number of ether oxygens (including phenoxy) is 1. The average molecular weight is 331 g/mol. The van der Waals surface area contributed by atoms with Crippen LogP contribution in [0.15, 0.2) is 28.7 Å². The second-order valence-electron chi connectivity index (χ2n) is 5.63. The molecule has 0 atom stereocenters. The first-order chi connectivity index (χ1) is 11.4. The second-order valence-corrected chi connectivity index (χ2v) is 5.63. The van der Waals surface area contributed by atoms with Gasteiger partial charge >= 0.3 is 5.97 Å². The number of benzene rings is 1. The summed E-state index contributed by atoms with van der Waals surface area (Å²) < 4.78 is 10.9. The predicted octanol–water partition coefficient (Wildman–Crippen LogP) is 2.99. The number of amides is 1. The van der Waals surface area contributed by atoms with Gasteiger partial charge in [0.25, 0.3) is 0 Å². The summed E-state index contributed by atoms with van der Waals surface area (Å²) in [6.07, 6.45) is 0.207. The summed E-state index contributed by atoms with van der Waals surface area (Å²) in [5, 5.41) is 11.6. The van der Waals surface area contributed by atoms with E-state index >= 15 is 0 Å². The maximum Gasteiger partial charge on any atom is 0.339 e. The first-order valence-corrected chi connectivity index (χ1v) is 7.66. The van der Waals surface area contributed by atoms with Crippen LogP contribution < -0.4 is 10.1 Å². The van der Waals surface area contributed by atoms with Crippen molar-refractivity contribution in [2.75, 3.05) is 6.61 Å². The van der Waals surface area contributed by atoms with E-state index in [2.05, 4.69) is 5.32 Å². The minimum atomic E-state index is -1.05. The number of nitrogens with one attached hydrogen (secondary N) is 1. The standard InChI is InChI=1S/C18H21NO5/c1-11-4-5-16(12(2)8-11)23-7-6-17(20)19-10-14-9-15(18(21)22)13(3)24-14/h4-5,8-9H,6-7,10H2,1-3H3,(H,19,20)(H,21,22). The zero-order chi connectivity index (χ0) is 17.7.